The van der Waals surface area contributed by atoms with Gasteiger partial charge in [-0.3, -0.25) is 9.89 Å². The fraction of sp³-hybridized carbons (Fsp3) is 0.900. The second-order valence-corrected chi connectivity index (χ2v) is 9.28. The van der Waals surface area contributed by atoms with Gasteiger partial charge in [0.1, 0.15) is 5.60 Å². The molecule has 1 fully saturated rings. The van der Waals surface area contributed by atoms with Crippen LogP contribution in [-0.2, 0) is 9.47 Å². The predicted octanol–water partition coefficient (Wildman–Crippen LogP) is 2.38. The minimum atomic E-state index is -0.449. The van der Waals surface area contributed by atoms with Gasteiger partial charge in [-0.15, -0.1) is 24.0 Å². The van der Waals surface area contributed by atoms with Crippen molar-refractivity contribution >= 4 is 36.0 Å². The summed E-state index contributed by atoms with van der Waals surface area (Å²) in [6.45, 7) is 17.7. The molecular formula is C20H42IN5O3. The molecular weight excluding hydrogens is 485 g/mol. The molecule has 1 heterocycles. The summed E-state index contributed by atoms with van der Waals surface area (Å²) in [5.74, 6) is 0.777. The van der Waals surface area contributed by atoms with E-state index in [4.69, 9.17) is 9.47 Å². The Morgan fingerprint density at radius 2 is 1.66 bits per heavy atom. The van der Waals surface area contributed by atoms with E-state index in [0.29, 0.717) is 19.6 Å². The van der Waals surface area contributed by atoms with E-state index in [-0.39, 0.29) is 41.6 Å². The molecule has 1 aliphatic heterocycles. The van der Waals surface area contributed by atoms with E-state index in [1.54, 1.807) is 19.1 Å². The number of nitrogens with zero attached hydrogens (tertiary/aromatic N) is 3. The molecule has 1 unspecified atom stereocenters. The summed E-state index contributed by atoms with van der Waals surface area (Å²) in [6.07, 6.45) is -0.117. The molecule has 0 radical (unpaired) electrons. The zero-order valence-corrected chi connectivity index (χ0v) is 21.8. The van der Waals surface area contributed by atoms with Gasteiger partial charge in [0.25, 0.3) is 0 Å². The van der Waals surface area contributed by atoms with Gasteiger partial charge in [-0.2, -0.15) is 0 Å². The van der Waals surface area contributed by atoms with Crippen LogP contribution in [0.3, 0.4) is 0 Å². The molecule has 0 aromatic rings. The highest BCUT2D eigenvalue weighted by Gasteiger charge is 2.26. The number of ether oxygens (including phenoxy) is 2. The van der Waals surface area contributed by atoms with E-state index in [9.17, 15) is 4.79 Å². The first-order valence-electron chi connectivity index (χ1n) is 10.1. The molecule has 1 rings (SSSR count). The summed E-state index contributed by atoms with van der Waals surface area (Å²) in [7, 11) is 3.51. The van der Waals surface area contributed by atoms with Crippen LogP contribution in [0.1, 0.15) is 41.5 Å². The van der Waals surface area contributed by atoms with Crippen molar-refractivity contribution in [2.24, 2.45) is 10.4 Å². The number of nitrogens with one attached hydrogen (secondary N) is 2. The van der Waals surface area contributed by atoms with E-state index in [1.165, 1.54) is 0 Å². The van der Waals surface area contributed by atoms with E-state index in [0.717, 1.165) is 32.1 Å². The minimum Gasteiger partial charge on any atom is -0.444 e. The van der Waals surface area contributed by atoms with Crippen molar-refractivity contribution in [1.82, 2.24) is 20.4 Å². The molecule has 1 amide bonds. The summed E-state index contributed by atoms with van der Waals surface area (Å²) in [4.78, 5) is 20.5. The van der Waals surface area contributed by atoms with Crippen molar-refractivity contribution < 1.29 is 14.3 Å². The average molecular weight is 527 g/mol. The number of guanidine groups is 1. The Labute approximate surface area is 194 Å². The lowest BCUT2D eigenvalue weighted by molar-refractivity contribution is 0.0147. The lowest BCUT2D eigenvalue weighted by Crippen LogP contribution is -2.52. The standard InChI is InChI=1S/C20H41N5O3.HI/c1-19(2,3)16(27-8)15-23-17(21-7)22-9-10-24-11-13-25(14-12-24)18(26)28-20(4,5)6;/h16H,9-15H2,1-8H3,(H2,21,22,23);1H. The molecule has 0 aliphatic carbocycles. The van der Waals surface area contributed by atoms with E-state index in [1.807, 2.05) is 20.8 Å². The lowest BCUT2D eigenvalue weighted by Gasteiger charge is -2.35. The topological polar surface area (TPSA) is 78.4 Å². The number of hydrogen-bond donors (Lipinski definition) is 2. The maximum Gasteiger partial charge on any atom is 0.410 e. The Morgan fingerprint density at radius 1 is 1.07 bits per heavy atom. The number of rotatable bonds is 6. The number of halogens is 1. The summed E-state index contributed by atoms with van der Waals surface area (Å²) in [5.41, 5.74) is -0.385. The first kappa shape index (κ1) is 28.2. The van der Waals surface area contributed by atoms with Crippen molar-refractivity contribution in [3.8, 4) is 0 Å². The van der Waals surface area contributed by atoms with Crippen molar-refractivity contribution in [3.63, 3.8) is 0 Å². The van der Waals surface area contributed by atoms with Gasteiger partial charge < -0.3 is 25.0 Å². The fourth-order valence-electron chi connectivity index (χ4n) is 2.97. The van der Waals surface area contributed by atoms with Crippen molar-refractivity contribution in [3.05, 3.63) is 0 Å². The third-order valence-corrected chi connectivity index (χ3v) is 4.67. The summed E-state index contributed by atoms with van der Waals surface area (Å²) in [5, 5.41) is 6.68. The third-order valence-electron chi connectivity index (χ3n) is 4.67. The molecule has 0 aromatic carbocycles. The molecule has 0 spiro atoms. The highest BCUT2D eigenvalue weighted by Crippen LogP contribution is 2.20. The van der Waals surface area contributed by atoms with Crippen LogP contribution in [0.5, 0.6) is 0 Å². The maximum absolute atomic E-state index is 12.1. The number of methoxy groups -OCH3 is 1. The SMILES string of the molecule is CN=C(NCCN1CCN(C(=O)OC(C)(C)C)CC1)NCC(OC)C(C)(C)C.I. The highest BCUT2D eigenvalue weighted by atomic mass is 127. The van der Waals surface area contributed by atoms with Crippen LogP contribution in [0, 0.1) is 5.41 Å². The number of aliphatic imine (C=N–C) groups is 1. The molecule has 0 bridgehead atoms. The van der Waals surface area contributed by atoms with Gasteiger partial charge in [-0.05, 0) is 26.2 Å². The summed E-state index contributed by atoms with van der Waals surface area (Å²) in [6, 6.07) is 0. The number of amides is 1. The number of carbonyl (C=O) groups is 1. The molecule has 1 atom stereocenters. The van der Waals surface area contributed by atoms with Gasteiger partial charge in [0, 0.05) is 60.0 Å². The Hall–Kier alpha value is -0.810. The predicted molar refractivity (Wildman–Crippen MR) is 129 cm³/mol. The van der Waals surface area contributed by atoms with Crippen LogP contribution in [-0.4, -0.2) is 93.5 Å². The van der Waals surface area contributed by atoms with Crippen LogP contribution in [0.25, 0.3) is 0 Å². The third kappa shape index (κ3) is 11.2. The van der Waals surface area contributed by atoms with Gasteiger partial charge in [-0.1, -0.05) is 20.8 Å². The number of hydrogen-bond acceptors (Lipinski definition) is 5. The molecule has 9 heteroatoms. The first-order chi connectivity index (χ1) is 13.0. The Morgan fingerprint density at radius 3 is 2.10 bits per heavy atom. The Bertz CT molecular complexity index is 509. The van der Waals surface area contributed by atoms with Crippen LogP contribution in [0.15, 0.2) is 4.99 Å². The van der Waals surface area contributed by atoms with Gasteiger partial charge in [0.2, 0.25) is 0 Å². The zero-order chi connectivity index (χ0) is 21.4. The van der Waals surface area contributed by atoms with Crippen LogP contribution in [0.4, 0.5) is 4.79 Å². The van der Waals surface area contributed by atoms with Gasteiger partial charge >= 0.3 is 6.09 Å². The van der Waals surface area contributed by atoms with Gasteiger partial charge in [0.05, 0.1) is 6.10 Å². The second-order valence-electron chi connectivity index (χ2n) is 9.28. The van der Waals surface area contributed by atoms with Crippen LogP contribution < -0.4 is 10.6 Å². The zero-order valence-electron chi connectivity index (χ0n) is 19.5. The maximum atomic E-state index is 12.1. The van der Waals surface area contributed by atoms with Crippen LogP contribution >= 0.6 is 24.0 Å². The van der Waals surface area contributed by atoms with Crippen molar-refractivity contribution in [2.75, 3.05) is 60.0 Å². The number of piperazine rings is 1. The van der Waals surface area contributed by atoms with Crippen molar-refractivity contribution in [1.29, 1.82) is 0 Å². The molecule has 2 N–H and O–H groups in total. The van der Waals surface area contributed by atoms with Crippen LogP contribution in [0.2, 0.25) is 0 Å². The monoisotopic (exact) mass is 527 g/mol. The van der Waals surface area contributed by atoms with E-state index >= 15 is 0 Å². The Kier molecular flexibility index (Phi) is 12.4. The van der Waals surface area contributed by atoms with E-state index in [2.05, 4.69) is 41.3 Å². The summed E-state index contributed by atoms with van der Waals surface area (Å²) < 4.78 is 11.0. The molecule has 29 heavy (non-hydrogen) atoms. The van der Waals surface area contributed by atoms with Crippen molar-refractivity contribution in [2.45, 2.75) is 53.2 Å². The largest absolute Gasteiger partial charge is 0.444 e. The minimum absolute atomic E-state index is 0. The second kappa shape index (κ2) is 12.8. The average Bonchev–Trinajstić information content (AvgIpc) is 2.58. The molecule has 1 aliphatic rings. The summed E-state index contributed by atoms with van der Waals surface area (Å²) >= 11 is 0. The molecule has 172 valence electrons. The Balaban J connectivity index is 0.00000784. The molecule has 8 nitrogen and oxygen atoms in total. The molecule has 1 saturated heterocycles. The smallest absolute Gasteiger partial charge is 0.410 e. The molecule has 0 aromatic heterocycles. The highest BCUT2D eigenvalue weighted by molar-refractivity contribution is 14.0. The normalized spacial score (nSPS) is 17.4. The number of carbonyl (C=O) groups excluding carboxylic acids is 1. The first-order valence-corrected chi connectivity index (χ1v) is 10.1. The van der Waals surface area contributed by atoms with E-state index < -0.39 is 5.60 Å². The van der Waals surface area contributed by atoms with Gasteiger partial charge in [0.15, 0.2) is 5.96 Å². The van der Waals surface area contributed by atoms with Gasteiger partial charge in [-0.25, -0.2) is 4.79 Å². The molecule has 0 saturated carbocycles. The lowest BCUT2D eigenvalue weighted by atomic mass is 9.89. The fourth-order valence-corrected chi connectivity index (χ4v) is 2.97. The quantitative estimate of drug-likeness (QED) is 0.314.